The second-order valence-corrected chi connectivity index (χ2v) is 4.83. The third-order valence-corrected chi connectivity index (χ3v) is 3.55. The molecule has 0 aliphatic carbocycles. The predicted octanol–water partition coefficient (Wildman–Crippen LogP) is 0.994. The van der Waals surface area contributed by atoms with E-state index in [4.69, 9.17) is 11.6 Å². The molecule has 1 fully saturated rings. The van der Waals surface area contributed by atoms with Crippen LogP contribution >= 0.6 is 11.6 Å². The van der Waals surface area contributed by atoms with Crippen LogP contribution in [0.3, 0.4) is 0 Å². The summed E-state index contributed by atoms with van der Waals surface area (Å²) in [5.74, 6) is -0.854. The number of hydrogen-bond acceptors (Lipinski definition) is 5. The van der Waals surface area contributed by atoms with Crippen LogP contribution in [0.4, 0.5) is 5.69 Å². The Kier molecular flexibility index (Phi) is 4.37. The molecule has 1 aliphatic heterocycles. The molecule has 112 valence electrons. The Labute approximate surface area is 125 Å². The third kappa shape index (κ3) is 2.80. The predicted molar refractivity (Wildman–Crippen MR) is 74.0 cm³/mol. The fourth-order valence-electron chi connectivity index (χ4n) is 2.29. The molecule has 1 unspecified atom stereocenters. The first kappa shape index (κ1) is 15.2. The minimum absolute atomic E-state index is 0.159. The summed E-state index contributed by atoms with van der Waals surface area (Å²) in [6.45, 7) is 2.37. The summed E-state index contributed by atoms with van der Waals surface area (Å²) in [6, 6.07) is 0.601. The van der Waals surface area contributed by atoms with Crippen LogP contribution in [0.15, 0.2) is 12.3 Å². The van der Waals surface area contributed by atoms with Crippen LogP contribution in [-0.2, 0) is 4.79 Å². The van der Waals surface area contributed by atoms with Gasteiger partial charge in [0.2, 0.25) is 11.1 Å². The number of hydrogen-bond donors (Lipinski definition) is 1. The molecule has 0 bridgehead atoms. The lowest BCUT2D eigenvalue weighted by Crippen LogP contribution is -2.56. The number of halogens is 1. The van der Waals surface area contributed by atoms with E-state index >= 15 is 0 Å². The van der Waals surface area contributed by atoms with Gasteiger partial charge >= 0.3 is 5.69 Å². The number of amides is 2. The third-order valence-electron chi connectivity index (χ3n) is 3.27. The van der Waals surface area contributed by atoms with Crippen molar-refractivity contribution in [2.24, 2.45) is 0 Å². The minimum atomic E-state index is -0.743. The van der Waals surface area contributed by atoms with E-state index in [-0.39, 0.29) is 16.6 Å². The summed E-state index contributed by atoms with van der Waals surface area (Å²) in [5.41, 5.74) is -0.696. The van der Waals surface area contributed by atoms with E-state index in [1.54, 1.807) is 6.92 Å². The average Bonchev–Trinajstić information content (AvgIpc) is 2.45. The molecule has 2 rings (SSSR count). The Morgan fingerprint density at radius 3 is 3.00 bits per heavy atom. The molecule has 1 aromatic heterocycles. The number of pyridine rings is 1. The lowest BCUT2D eigenvalue weighted by Gasteiger charge is -2.34. The molecule has 1 saturated heterocycles. The van der Waals surface area contributed by atoms with Crippen molar-refractivity contribution in [1.29, 1.82) is 0 Å². The summed E-state index contributed by atoms with van der Waals surface area (Å²) in [4.78, 5) is 39.6. The zero-order chi connectivity index (χ0) is 15.6. The first-order valence-corrected chi connectivity index (χ1v) is 6.72. The first-order chi connectivity index (χ1) is 9.97. The molecule has 0 spiro atoms. The smallest absolute Gasteiger partial charge is 0.319 e. The van der Waals surface area contributed by atoms with Crippen molar-refractivity contribution < 1.29 is 14.5 Å². The molecule has 1 aliphatic rings. The number of nitrogens with zero attached hydrogens (tertiary/aromatic N) is 3. The van der Waals surface area contributed by atoms with Gasteiger partial charge in [-0.15, -0.1) is 0 Å². The lowest BCUT2D eigenvalue weighted by atomic mass is 10.1. The van der Waals surface area contributed by atoms with Gasteiger partial charge in [0, 0.05) is 19.3 Å². The second-order valence-electron chi connectivity index (χ2n) is 4.47. The summed E-state index contributed by atoms with van der Waals surface area (Å²) in [5, 5.41) is 13.4. The van der Waals surface area contributed by atoms with Crippen molar-refractivity contribution in [3.8, 4) is 0 Å². The van der Waals surface area contributed by atoms with Crippen LogP contribution in [0.2, 0.25) is 5.15 Å². The summed E-state index contributed by atoms with van der Waals surface area (Å²) in [7, 11) is 0. The van der Waals surface area contributed by atoms with E-state index in [9.17, 15) is 19.7 Å². The highest BCUT2D eigenvalue weighted by Crippen LogP contribution is 2.28. The van der Waals surface area contributed by atoms with E-state index in [2.05, 4.69) is 10.3 Å². The number of carbonyl (C=O) groups is 2. The average molecular weight is 313 g/mol. The molecule has 0 radical (unpaired) electrons. The SMILES string of the molecule is CCC1C(=O)NCCN1C(=O)c1ccnc(Cl)c1[N+](=O)[O-]. The maximum absolute atomic E-state index is 12.5. The number of rotatable bonds is 3. The highest BCUT2D eigenvalue weighted by Gasteiger charge is 2.35. The van der Waals surface area contributed by atoms with Gasteiger partial charge in [0.25, 0.3) is 5.91 Å². The zero-order valence-corrected chi connectivity index (χ0v) is 12.0. The van der Waals surface area contributed by atoms with Crippen molar-refractivity contribution in [3.63, 3.8) is 0 Å². The van der Waals surface area contributed by atoms with Crippen LogP contribution in [0.25, 0.3) is 0 Å². The summed E-state index contributed by atoms with van der Waals surface area (Å²) in [6.07, 6.45) is 1.65. The van der Waals surface area contributed by atoms with Gasteiger partial charge in [-0.1, -0.05) is 18.5 Å². The fourth-order valence-corrected chi connectivity index (χ4v) is 2.52. The monoisotopic (exact) mass is 312 g/mol. The van der Waals surface area contributed by atoms with Gasteiger partial charge in [0.15, 0.2) is 0 Å². The molecule has 21 heavy (non-hydrogen) atoms. The van der Waals surface area contributed by atoms with Gasteiger partial charge in [-0.25, -0.2) is 4.98 Å². The Bertz CT molecular complexity index is 607. The Balaban J connectivity index is 2.42. The topological polar surface area (TPSA) is 105 Å². The van der Waals surface area contributed by atoms with Gasteiger partial charge in [-0.3, -0.25) is 19.7 Å². The molecule has 1 N–H and O–H groups in total. The molecule has 2 amide bonds. The zero-order valence-electron chi connectivity index (χ0n) is 11.2. The van der Waals surface area contributed by atoms with Crippen LogP contribution in [0.5, 0.6) is 0 Å². The van der Waals surface area contributed by atoms with Crippen LogP contribution in [0.1, 0.15) is 23.7 Å². The molecular formula is C12H13ClN4O4. The normalized spacial score (nSPS) is 18.3. The number of nitro groups is 1. The first-order valence-electron chi connectivity index (χ1n) is 6.35. The van der Waals surface area contributed by atoms with Gasteiger partial charge in [0.1, 0.15) is 11.6 Å². The van der Waals surface area contributed by atoms with Gasteiger partial charge < -0.3 is 10.2 Å². The largest absolute Gasteiger partial charge is 0.353 e. The van der Waals surface area contributed by atoms with Crippen molar-refractivity contribution in [2.45, 2.75) is 19.4 Å². The van der Waals surface area contributed by atoms with Crippen molar-refractivity contribution in [3.05, 3.63) is 33.1 Å². The van der Waals surface area contributed by atoms with E-state index in [0.29, 0.717) is 19.5 Å². The Morgan fingerprint density at radius 2 is 2.38 bits per heavy atom. The molecule has 9 heteroatoms. The van der Waals surface area contributed by atoms with E-state index in [1.807, 2.05) is 0 Å². The molecule has 1 aromatic rings. The quantitative estimate of drug-likeness (QED) is 0.509. The van der Waals surface area contributed by atoms with Crippen LogP contribution < -0.4 is 5.32 Å². The van der Waals surface area contributed by atoms with Gasteiger partial charge in [-0.2, -0.15) is 0 Å². The van der Waals surface area contributed by atoms with Gasteiger partial charge in [-0.05, 0) is 12.5 Å². The highest BCUT2D eigenvalue weighted by molar-refractivity contribution is 6.32. The lowest BCUT2D eigenvalue weighted by molar-refractivity contribution is -0.385. The summed E-state index contributed by atoms with van der Waals surface area (Å²) < 4.78 is 0. The number of nitrogens with one attached hydrogen (secondary N) is 1. The van der Waals surface area contributed by atoms with E-state index in [0.717, 1.165) is 0 Å². The van der Waals surface area contributed by atoms with Crippen molar-refractivity contribution >= 4 is 29.1 Å². The van der Waals surface area contributed by atoms with E-state index < -0.39 is 22.6 Å². The summed E-state index contributed by atoms with van der Waals surface area (Å²) >= 11 is 5.70. The number of carbonyl (C=O) groups excluding carboxylic acids is 2. The van der Waals surface area contributed by atoms with Crippen molar-refractivity contribution in [1.82, 2.24) is 15.2 Å². The second kappa shape index (κ2) is 6.04. The van der Waals surface area contributed by atoms with Crippen LogP contribution in [-0.4, -0.2) is 45.8 Å². The Morgan fingerprint density at radius 1 is 1.67 bits per heavy atom. The van der Waals surface area contributed by atoms with Crippen LogP contribution in [0, 0.1) is 10.1 Å². The molecule has 0 saturated carbocycles. The van der Waals surface area contributed by atoms with E-state index in [1.165, 1.54) is 17.2 Å². The van der Waals surface area contributed by atoms with Gasteiger partial charge in [0.05, 0.1) is 4.92 Å². The molecule has 8 nitrogen and oxygen atoms in total. The maximum atomic E-state index is 12.5. The highest BCUT2D eigenvalue weighted by atomic mass is 35.5. The molecule has 0 aromatic carbocycles. The molecule has 2 heterocycles. The molecule has 1 atom stereocenters. The number of aromatic nitrogens is 1. The fraction of sp³-hybridized carbons (Fsp3) is 0.417. The maximum Gasteiger partial charge on any atom is 0.319 e. The Hall–Kier alpha value is -2.22. The number of piperazine rings is 1. The van der Waals surface area contributed by atoms with Crippen molar-refractivity contribution in [2.75, 3.05) is 13.1 Å². The standard InChI is InChI=1S/C12H13ClN4O4/c1-2-8-11(18)15-5-6-16(8)12(19)7-3-4-14-10(13)9(7)17(20)21/h3-4,8H,2,5-6H2,1H3,(H,15,18). The minimum Gasteiger partial charge on any atom is -0.353 e. The molecular weight excluding hydrogens is 300 g/mol.